The summed E-state index contributed by atoms with van der Waals surface area (Å²) < 4.78 is 10.7. The standard InChI is InChI=1S/C15H26N2O2/c1-17(2)11-9-16-10-13-19-15-6-4-14(5-7-15)8-12-18-3/h4-7,16H,8-13H2,1-3H3. The Morgan fingerprint density at radius 1 is 1.05 bits per heavy atom. The third-order valence-corrected chi connectivity index (χ3v) is 2.80. The van der Waals surface area contributed by atoms with Gasteiger partial charge in [0.05, 0.1) is 6.61 Å². The van der Waals surface area contributed by atoms with Crippen molar-refractivity contribution in [2.45, 2.75) is 6.42 Å². The molecule has 0 aliphatic carbocycles. The molecule has 0 aliphatic rings. The Bertz CT molecular complexity index is 325. The monoisotopic (exact) mass is 266 g/mol. The fourth-order valence-electron chi connectivity index (χ4n) is 1.64. The summed E-state index contributed by atoms with van der Waals surface area (Å²) in [5.74, 6) is 0.926. The highest BCUT2D eigenvalue weighted by Crippen LogP contribution is 2.12. The molecule has 4 nitrogen and oxygen atoms in total. The van der Waals surface area contributed by atoms with Crippen LogP contribution in [0.2, 0.25) is 0 Å². The van der Waals surface area contributed by atoms with E-state index in [-0.39, 0.29) is 0 Å². The van der Waals surface area contributed by atoms with Crippen molar-refractivity contribution in [3.63, 3.8) is 0 Å². The van der Waals surface area contributed by atoms with E-state index in [4.69, 9.17) is 9.47 Å². The highest BCUT2D eigenvalue weighted by atomic mass is 16.5. The number of nitrogens with zero attached hydrogens (tertiary/aromatic N) is 1. The van der Waals surface area contributed by atoms with Crippen molar-refractivity contribution in [1.82, 2.24) is 10.2 Å². The van der Waals surface area contributed by atoms with Gasteiger partial charge in [0.1, 0.15) is 12.4 Å². The van der Waals surface area contributed by atoms with E-state index in [1.54, 1.807) is 7.11 Å². The lowest BCUT2D eigenvalue weighted by atomic mass is 10.1. The summed E-state index contributed by atoms with van der Waals surface area (Å²) in [5, 5.41) is 3.34. The van der Waals surface area contributed by atoms with Crippen molar-refractivity contribution < 1.29 is 9.47 Å². The highest BCUT2D eigenvalue weighted by molar-refractivity contribution is 5.27. The molecule has 0 heterocycles. The lowest BCUT2D eigenvalue weighted by Crippen LogP contribution is -2.29. The fourth-order valence-corrected chi connectivity index (χ4v) is 1.64. The van der Waals surface area contributed by atoms with Gasteiger partial charge >= 0.3 is 0 Å². The van der Waals surface area contributed by atoms with Crippen molar-refractivity contribution in [2.24, 2.45) is 0 Å². The van der Waals surface area contributed by atoms with E-state index in [0.29, 0.717) is 6.61 Å². The molecule has 0 saturated heterocycles. The maximum atomic E-state index is 5.67. The fraction of sp³-hybridized carbons (Fsp3) is 0.600. The van der Waals surface area contributed by atoms with Crippen LogP contribution in [0.4, 0.5) is 0 Å². The molecule has 19 heavy (non-hydrogen) atoms. The maximum Gasteiger partial charge on any atom is 0.119 e. The normalized spacial score (nSPS) is 10.9. The number of hydrogen-bond donors (Lipinski definition) is 1. The Morgan fingerprint density at radius 2 is 1.79 bits per heavy atom. The second-order valence-corrected chi connectivity index (χ2v) is 4.79. The molecule has 0 amide bonds. The first-order chi connectivity index (χ1) is 9.22. The average molecular weight is 266 g/mol. The van der Waals surface area contributed by atoms with Crippen LogP contribution < -0.4 is 10.1 Å². The van der Waals surface area contributed by atoms with Gasteiger partial charge in [-0.05, 0) is 38.2 Å². The summed E-state index contributed by atoms with van der Waals surface area (Å²) in [4.78, 5) is 2.16. The molecule has 0 saturated carbocycles. The van der Waals surface area contributed by atoms with Gasteiger partial charge in [-0.3, -0.25) is 0 Å². The van der Waals surface area contributed by atoms with E-state index in [1.807, 2.05) is 12.1 Å². The largest absolute Gasteiger partial charge is 0.492 e. The molecule has 0 fully saturated rings. The van der Waals surface area contributed by atoms with Crippen LogP contribution >= 0.6 is 0 Å². The Labute approximate surface area is 116 Å². The minimum Gasteiger partial charge on any atom is -0.492 e. The number of nitrogens with one attached hydrogen (secondary N) is 1. The van der Waals surface area contributed by atoms with Crippen molar-refractivity contribution in [3.05, 3.63) is 29.8 Å². The molecule has 1 aromatic carbocycles. The first kappa shape index (κ1) is 16.0. The summed E-state index contributed by atoms with van der Waals surface area (Å²) in [6, 6.07) is 8.22. The zero-order chi connectivity index (χ0) is 13.9. The lowest BCUT2D eigenvalue weighted by molar-refractivity contribution is 0.202. The summed E-state index contributed by atoms with van der Waals surface area (Å²) in [6.07, 6.45) is 0.947. The molecule has 0 radical (unpaired) electrons. The number of hydrogen-bond acceptors (Lipinski definition) is 4. The second-order valence-electron chi connectivity index (χ2n) is 4.79. The highest BCUT2D eigenvalue weighted by Gasteiger charge is 1.96. The number of methoxy groups -OCH3 is 1. The first-order valence-electron chi connectivity index (χ1n) is 6.78. The third kappa shape index (κ3) is 7.82. The molecule has 0 aromatic heterocycles. The van der Waals surface area contributed by atoms with Crippen molar-refractivity contribution in [2.75, 3.05) is 54.1 Å². The number of benzene rings is 1. The van der Waals surface area contributed by atoms with E-state index >= 15 is 0 Å². The van der Waals surface area contributed by atoms with Crippen LogP contribution in [-0.4, -0.2) is 59.0 Å². The van der Waals surface area contributed by atoms with Gasteiger partial charge in [-0.2, -0.15) is 0 Å². The van der Waals surface area contributed by atoms with Gasteiger partial charge in [0.25, 0.3) is 0 Å². The summed E-state index contributed by atoms with van der Waals surface area (Å²) in [7, 11) is 5.87. The molecule has 1 aromatic rings. The Kier molecular flexibility index (Phi) is 8.21. The van der Waals surface area contributed by atoms with Gasteiger partial charge in [0, 0.05) is 26.7 Å². The number of ether oxygens (including phenoxy) is 2. The SMILES string of the molecule is COCCc1ccc(OCCNCCN(C)C)cc1. The molecule has 108 valence electrons. The second kappa shape index (κ2) is 9.78. The smallest absolute Gasteiger partial charge is 0.119 e. The molecule has 4 heteroatoms. The predicted molar refractivity (Wildman–Crippen MR) is 78.9 cm³/mol. The molecular weight excluding hydrogens is 240 g/mol. The summed E-state index contributed by atoms with van der Waals surface area (Å²) >= 11 is 0. The van der Waals surface area contributed by atoms with E-state index < -0.39 is 0 Å². The van der Waals surface area contributed by atoms with E-state index in [0.717, 1.165) is 38.4 Å². The number of likely N-dealkylation sites (N-methyl/N-ethyl adjacent to an activating group) is 1. The summed E-state index contributed by atoms with van der Waals surface area (Å²) in [5.41, 5.74) is 1.28. The van der Waals surface area contributed by atoms with Crippen LogP contribution in [-0.2, 0) is 11.2 Å². The van der Waals surface area contributed by atoms with E-state index in [2.05, 4.69) is 36.4 Å². The molecule has 0 aliphatic heterocycles. The Balaban J connectivity index is 2.12. The predicted octanol–water partition coefficient (Wildman–Crippen LogP) is 1.41. The molecule has 0 unspecified atom stereocenters. The first-order valence-corrected chi connectivity index (χ1v) is 6.78. The Morgan fingerprint density at radius 3 is 2.42 bits per heavy atom. The molecule has 0 atom stereocenters. The molecule has 1 N–H and O–H groups in total. The van der Waals surface area contributed by atoms with Crippen molar-refractivity contribution >= 4 is 0 Å². The molecule has 0 bridgehead atoms. The lowest BCUT2D eigenvalue weighted by Gasteiger charge is -2.11. The minimum atomic E-state index is 0.699. The topological polar surface area (TPSA) is 33.7 Å². The summed E-state index contributed by atoms with van der Waals surface area (Å²) in [6.45, 7) is 4.38. The maximum absolute atomic E-state index is 5.67. The third-order valence-electron chi connectivity index (χ3n) is 2.80. The van der Waals surface area contributed by atoms with Crippen molar-refractivity contribution in [3.8, 4) is 5.75 Å². The van der Waals surface area contributed by atoms with Crippen LogP contribution in [0.25, 0.3) is 0 Å². The van der Waals surface area contributed by atoms with Crippen LogP contribution in [0.1, 0.15) is 5.56 Å². The van der Waals surface area contributed by atoms with Crippen molar-refractivity contribution in [1.29, 1.82) is 0 Å². The van der Waals surface area contributed by atoms with Crippen LogP contribution in [0.3, 0.4) is 0 Å². The van der Waals surface area contributed by atoms with Gasteiger partial charge in [0.15, 0.2) is 0 Å². The van der Waals surface area contributed by atoms with Gasteiger partial charge < -0.3 is 19.7 Å². The molecule has 0 spiro atoms. The van der Waals surface area contributed by atoms with Gasteiger partial charge in [-0.15, -0.1) is 0 Å². The van der Waals surface area contributed by atoms with Crippen LogP contribution in [0, 0.1) is 0 Å². The van der Waals surface area contributed by atoms with Gasteiger partial charge in [0.2, 0.25) is 0 Å². The van der Waals surface area contributed by atoms with Gasteiger partial charge in [-0.25, -0.2) is 0 Å². The zero-order valence-electron chi connectivity index (χ0n) is 12.3. The molecule has 1 rings (SSSR count). The van der Waals surface area contributed by atoms with E-state index in [9.17, 15) is 0 Å². The minimum absolute atomic E-state index is 0.699. The molecular formula is C15H26N2O2. The number of rotatable bonds is 10. The Hall–Kier alpha value is -1.10. The zero-order valence-corrected chi connectivity index (χ0v) is 12.3. The van der Waals surface area contributed by atoms with Gasteiger partial charge in [-0.1, -0.05) is 12.1 Å². The average Bonchev–Trinajstić information content (AvgIpc) is 2.41. The van der Waals surface area contributed by atoms with Crippen LogP contribution in [0.15, 0.2) is 24.3 Å². The van der Waals surface area contributed by atoms with E-state index in [1.165, 1.54) is 5.56 Å². The van der Waals surface area contributed by atoms with Crippen LogP contribution in [0.5, 0.6) is 5.75 Å². The quantitative estimate of drug-likeness (QED) is 0.649.